The number of halogens is 2. The SMILES string of the molecule is CCN1N=C([C@H](CO)NC(=O)c2c(C)nc3c(OCc4c(F)cccc4F)cccn23)NN1. The number of amides is 1. The van der Waals surface area contributed by atoms with E-state index in [1.807, 2.05) is 6.92 Å². The molecule has 1 atom stereocenters. The third kappa shape index (κ3) is 4.43. The molecule has 2 aromatic heterocycles. The number of hydrazine groups is 2. The van der Waals surface area contributed by atoms with Crippen LogP contribution in [0.2, 0.25) is 0 Å². The van der Waals surface area contributed by atoms with Crippen LogP contribution in [0.25, 0.3) is 5.65 Å². The van der Waals surface area contributed by atoms with Crippen LogP contribution in [0, 0.1) is 18.6 Å². The first-order valence-electron chi connectivity index (χ1n) is 10.3. The van der Waals surface area contributed by atoms with E-state index in [1.165, 1.54) is 15.6 Å². The number of pyridine rings is 1. The number of aliphatic hydroxyl groups is 1. The number of rotatable bonds is 8. The van der Waals surface area contributed by atoms with Gasteiger partial charge in [0.1, 0.15) is 30.0 Å². The molecule has 174 valence electrons. The first-order valence-corrected chi connectivity index (χ1v) is 10.3. The highest BCUT2D eigenvalue weighted by molar-refractivity contribution is 5.99. The van der Waals surface area contributed by atoms with E-state index in [9.17, 15) is 18.7 Å². The Morgan fingerprint density at radius 3 is 2.70 bits per heavy atom. The first-order chi connectivity index (χ1) is 15.9. The van der Waals surface area contributed by atoms with Crippen LogP contribution in [-0.2, 0) is 6.61 Å². The number of hydrogen-bond donors (Lipinski definition) is 4. The molecule has 0 saturated carbocycles. The van der Waals surface area contributed by atoms with Crippen LogP contribution in [0.15, 0.2) is 41.6 Å². The molecule has 0 bridgehead atoms. The summed E-state index contributed by atoms with van der Waals surface area (Å²) >= 11 is 0. The molecule has 0 spiro atoms. The highest BCUT2D eigenvalue weighted by Gasteiger charge is 2.26. The van der Waals surface area contributed by atoms with Crippen LogP contribution in [-0.4, -0.2) is 50.5 Å². The van der Waals surface area contributed by atoms with Gasteiger partial charge in [-0.15, -0.1) is 10.6 Å². The van der Waals surface area contributed by atoms with Crippen LogP contribution in [0.1, 0.15) is 28.7 Å². The Morgan fingerprint density at radius 1 is 1.27 bits per heavy atom. The van der Waals surface area contributed by atoms with Gasteiger partial charge in [-0.25, -0.2) is 18.9 Å². The molecule has 0 unspecified atom stereocenters. The molecular weight excluding hydrogens is 436 g/mol. The van der Waals surface area contributed by atoms with Crippen LogP contribution in [0.5, 0.6) is 5.75 Å². The Labute approximate surface area is 187 Å². The fourth-order valence-corrected chi connectivity index (χ4v) is 3.40. The van der Waals surface area contributed by atoms with Crippen LogP contribution < -0.4 is 21.0 Å². The van der Waals surface area contributed by atoms with Crippen molar-refractivity contribution < 1.29 is 23.4 Å². The zero-order chi connectivity index (χ0) is 23.5. The fourth-order valence-electron chi connectivity index (χ4n) is 3.40. The highest BCUT2D eigenvalue weighted by Crippen LogP contribution is 2.24. The van der Waals surface area contributed by atoms with Gasteiger partial charge < -0.3 is 15.2 Å². The van der Waals surface area contributed by atoms with Crippen LogP contribution in [0.4, 0.5) is 8.78 Å². The molecule has 33 heavy (non-hydrogen) atoms. The van der Waals surface area contributed by atoms with Gasteiger partial charge in [-0.05, 0) is 38.1 Å². The molecule has 0 saturated heterocycles. The molecular formula is C21H23F2N7O3. The van der Waals surface area contributed by atoms with Gasteiger partial charge in [0.25, 0.3) is 5.91 Å². The van der Waals surface area contributed by atoms with E-state index in [1.54, 1.807) is 25.3 Å². The molecule has 1 aromatic carbocycles. The van der Waals surface area contributed by atoms with Gasteiger partial charge in [0, 0.05) is 6.20 Å². The van der Waals surface area contributed by atoms with Crippen molar-refractivity contribution in [3.05, 3.63) is 65.1 Å². The van der Waals surface area contributed by atoms with Crippen molar-refractivity contribution in [2.45, 2.75) is 26.5 Å². The minimum absolute atomic E-state index is 0.203. The number of aliphatic hydroxyl groups excluding tert-OH is 1. The normalized spacial score (nSPS) is 14.2. The van der Waals surface area contributed by atoms with E-state index in [2.05, 4.69) is 26.4 Å². The molecule has 1 aliphatic heterocycles. The Hall–Kier alpha value is -3.77. The lowest BCUT2D eigenvalue weighted by Crippen LogP contribution is -2.50. The summed E-state index contributed by atoms with van der Waals surface area (Å²) in [4.78, 5) is 17.5. The van der Waals surface area contributed by atoms with Gasteiger partial charge in [0.05, 0.1) is 24.4 Å². The quantitative estimate of drug-likeness (QED) is 0.401. The number of ether oxygens (including phenoxy) is 1. The number of aryl methyl sites for hydroxylation is 1. The third-order valence-electron chi connectivity index (χ3n) is 5.10. The summed E-state index contributed by atoms with van der Waals surface area (Å²) in [5, 5.41) is 18.2. The lowest BCUT2D eigenvalue weighted by molar-refractivity contribution is 0.0926. The van der Waals surface area contributed by atoms with E-state index >= 15 is 0 Å². The molecule has 12 heteroatoms. The molecule has 0 aliphatic carbocycles. The van der Waals surface area contributed by atoms with E-state index in [0.29, 0.717) is 23.7 Å². The molecule has 0 fully saturated rings. The van der Waals surface area contributed by atoms with Gasteiger partial charge in [0.2, 0.25) is 0 Å². The minimum Gasteiger partial charge on any atom is -0.485 e. The largest absolute Gasteiger partial charge is 0.485 e. The second-order valence-corrected chi connectivity index (χ2v) is 7.25. The zero-order valence-corrected chi connectivity index (χ0v) is 18.0. The van der Waals surface area contributed by atoms with Gasteiger partial charge >= 0.3 is 0 Å². The maximum absolute atomic E-state index is 13.9. The number of carbonyl (C=O) groups is 1. The number of amidine groups is 1. The standard InChI is InChI=1S/C21H23F2N7O3/c1-3-30-27-19(26-28-30)16(10-31)25-21(32)18-12(2)24-20-17(8-5-9-29(18)20)33-11-13-14(22)6-4-7-15(13)23/h4-9,16,28,31H,3,10-11H2,1-2H3,(H,25,32)(H,26,27)/t16-/m0/s1. The second-order valence-electron chi connectivity index (χ2n) is 7.25. The predicted octanol–water partition coefficient (Wildman–Crippen LogP) is 1.25. The summed E-state index contributed by atoms with van der Waals surface area (Å²) in [6, 6.07) is 6.03. The second kappa shape index (κ2) is 9.38. The van der Waals surface area contributed by atoms with Crippen LogP contribution >= 0.6 is 0 Å². The van der Waals surface area contributed by atoms with Crippen molar-refractivity contribution in [3.63, 3.8) is 0 Å². The van der Waals surface area contributed by atoms with E-state index in [0.717, 1.165) is 12.1 Å². The molecule has 3 aromatic rings. The van der Waals surface area contributed by atoms with Crippen molar-refractivity contribution in [2.75, 3.05) is 13.2 Å². The van der Waals surface area contributed by atoms with E-state index in [-0.39, 0.29) is 30.2 Å². The smallest absolute Gasteiger partial charge is 0.270 e. The van der Waals surface area contributed by atoms with Crippen molar-refractivity contribution in [2.24, 2.45) is 5.10 Å². The minimum atomic E-state index is -0.782. The molecule has 3 heterocycles. The Morgan fingerprint density at radius 2 is 2.03 bits per heavy atom. The molecule has 4 N–H and O–H groups in total. The van der Waals surface area contributed by atoms with Crippen molar-refractivity contribution >= 4 is 17.4 Å². The lowest BCUT2D eigenvalue weighted by Gasteiger charge is -2.15. The average molecular weight is 459 g/mol. The topological polar surface area (TPSA) is 116 Å². The van der Waals surface area contributed by atoms with Crippen molar-refractivity contribution in [1.82, 2.24) is 30.8 Å². The average Bonchev–Trinajstić information content (AvgIpc) is 3.41. The molecule has 0 radical (unpaired) electrons. The summed E-state index contributed by atoms with van der Waals surface area (Å²) in [5.74, 6) is -1.30. The van der Waals surface area contributed by atoms with Gasteiger partial charge in [-0.2, -0.15) is 0 Å². The van der Waals surface area contributed by atoms with E-state index in [4.69, 9.17) is 4.74 Å². The van der Waals surface area contributed by atoms with Crippen LogP contribution in [0.3, 0.4) is 0 Å². The number of hydrazone groups is 1. The third-order valence-corrected chi connectivity index (χ3v) is 5.10. The monoisotopic (exact) mass is 459 g/mol. The molecule has 4 rings (SSSR count). The Bertz CT molecular complexity index is 1190. The van der Waals surface area contributed by atoms with Gasteiger partial charge in [-0.3, -0.25) is 14.6 Å². The lowest BCUT2D eigenvalue weighted by atomic mass is 10.2. The van der Waals surface area contributed by atoms with Gasteiger partial charge in [0.15, 0.2) is 17.2 Å². The Kier molecular flexibility index (Phi) is 6.38. The fraction of sp³-hybridized carbons (Fsp3) is 0.286. The summed E-state index contributed by atoms with van der Waals surface area (Å²) in [6.45, 7) is 3.39. The number of carbonyl (C=O) groups excluding carboxylic acids is 1. The number of benzene rings is 1. The van der Waals surface area contributed by atoms with Crippen molar-refractivity contribution in [3.8, 4) is 5.75 Å². The maximum atomic E-state index is 13.9. The first kappa shape index (κ1) is 22.4. The number of imidazole rings is 1. The Balaban J connectivity index is 1.58. The molecule has 10 nitrogen and oxygen atoms in total. The maximum Gasteiger partial charge on any atom is 0.270 e. The van der Waals surface area contributed by atoms with E-state index < -0.39 is 23.6 Å². The molecule has 1 aliphatic rings. The molecule has 1 amide bonds. The van der Waals surface area contributed by atoms with Gasteiger partial charge in [-0.1, -0.05) is 6.07 Å². The number of nitrogens with one attached hydrogen (secondary N) is 3. The summed E-state index contributed by atoms with van der Waals surface area (Å²) < 4.78 is 35.0. The highest BCUT2D eigenvalue weighted by atomic mass is 19.1. The summed E-state index contributed by atoms with van der Waals surface area (Å²) in [7, 11) is 0. The number of nitrogens with zero attached hydrogens (tertiary/aromatic N) is 4. The number of aromatic nitrogens is 2. The zero-order valence-electron chi connectivity index (χ0n) is 18.0. The summed E-state index contributed by atoms with van der Waals surface area (Å²) in [5.41, 5.74) is 6.35. The summed E-state index contributed by atoms with van der Waals surface area (Å²) in [6.07, 6.45) is 1.63. The number of hydrogen-bond acceptors (Lipinski definition) is 8. The number of fused-ring (bicyclic) bond motifs is 1. The predicted molar refractivity (Wildman–Crippen MR) is 115 cm³/mol. The van der Waals surface area contributed by atoms with Crippen molar-refractivity contribution in [1.29, 1.82) is 0 Å².